The topological polar surface area (TPSA) is 49.4 Å². The van der Waals surface area contributed by atoms with Gasteiger partial charge < -0.3 is 10.2 Å². The Morgan fingerprint density at radius 1 is 1.23 bits per heavy atom. The molecule has 0 aliphatic carbocycles. The Labute approximate surface area is 132 Å². The van der Waals surface area contributed by atoms with Crippen LogP contribution in [0.4, 0.5) is 5.69 Å². The van der Waals surface area contributed by atoms with Crippen LogP contribution in [0.3, 0.4) is 0 Å². The highest BCUT2D eigenvalue weighted by atomic mass is 16.2. The zero-order valence-corrected chi connectivity index (χ0v) is 13.6. The molecule has 22 heavy (non-hydrogen) atoms. The SMILES string of the molecule is CCCCCNC(=O)[C@@H]1CC(=O)N(c2ccc(CC)cc2)C1. The summed E-state index contributed by atoms with van der Waals surface area (Å²) in [5, 5.41) is 2.95. The molecule has 0 aromatic heterocycles. The largest absolute Gasteiger partial charge is 0.356 e. The fourth-order valence-corrected chi connectivity index (χ4v) is 2.78. The zero-order valence-electron chi connectivity index (χ0n) is 13.6. The average Bonchev–Trinajstić information content (AvgIpc) is 2.93. The maximum atomic E-state index is 12.2. The molecular formula is C18H26N2O2. The van der Waals surface area contributed by atoms with Gasteiger partial charge in [0.15, 0.2) is 0 Å². The van der Waals surface area contributed by atoms with Crippen molar-refractivity contribution >= 4 is 17.5 Å². The van der Waals surface area contributed by atoms with Crippen LogP contribution < -0.4 is 10.2 Å². The van der Waals surface area contributed by atoms with Crippen molar-refractivity contribution in [3.05, 3.63) is 29.8 Å². The predicted molar refractivity (Wildman–Crippen MR) is 88.8 cm³/mol. The monoisotopic (exact) mass is 302 g/mol. The minimum absolute atomic E-state index is 0.0112. The van der Waals surface area contributed by atoms with Gasteiger partial charge in [-0.25, -0.2) is 0 Å². The molecule has 0 unspecified atom stereocenters. The molecule has 1 heterocycles. The fourth-order valence-electron chi connectivity index (χ4n) is 2.78. The van der Waals surface area contributed by atoms with E-state index >= 15 is 0 Å². The molecule has 0 saturated carbocycles. The summed E-state index contributed by atoms with van der Waals surface area (Å²) in [6, 6.07) is 8.03. The van der Waals surface area contributed by atoms with Crippen LogP contribution >= 0.6 is 0 Å². The minimum Gasteiger partial charge on any atom is -0.356 e. The summed E-state index contributed by atoms with van der Waals surface area (Å²) < 4.78 is 0. The number of hydrogen-bond donors (Lipinski definition) is 1. The molecule has 1 fully saturated rings. The molecule has 2 amide bonds. The molecule has 0 radical (unpaired) electrons. The van der Waals surface area contributed by atoms with Crippen molar-refractivity contribution in [2.75, 3.05) is 18.0 Å². The molecule has 0 bridgehead atoms. The van der Waals surface area contributed by atoms with E-state index in [0.717, 1.165) is 31.4 Å². The van der Waals surface area contributed by atoms with E-state index in [1.54, 1.807) is 4.90 Å². The molecule has 120 valence electrons. The number of aryl methyl sites for hydroxylation is 1. The third-order valence-corrected chi connectivity index (χ3v) is 4.23. The van der Waals surface area contributed by atoms with Gasteiger partial charge in [-0.15, -0.1) is 0 Å². The maximum absolute atomic E-state index is 12.2. The third kappa shape index (κ3) is 4.09. The standard InChI is InChI=1S/C18H26N2O2/c1-3-5-6-11-19-18(22)15-12-17(21)20(13-15)16-9-7-14(4-2)8-10-16/h7-10,15H,3-6,11-13H2,1-2H3,(H,19,22)/t15-/m1/s1. The van der Waals surface area contributed by atoms with Gasteiger partial charge in [0.25, 0.3) is 0 Å². The molecule has 1 aromatic carbocycles. The van der Waals surface area contributed by atoms with E-state index in [4.69, 9.17) is 0 Å². The summed E-state index contributed by atoms with van der Waals surface area (Å²) in [6.45, 7) is 5.44. The number of carbonyl (C=O) groups is 2. The lowest BCUT2D eigenvalue weighted by Gasteiger charge is -2.17. The molecule has 2 rings (SSSR count). The van der Waals surface area contributed by atoms with E-state index < -0.39 is 0 Å². The zero-order chi connectivity index (χ0) is 15.9. The van der Waals surface area contributed by atoms with Crippen molar-refractivity contribution in [1.29, 1.82) is 0 Å². The van der Waals surface area contributed by atoms with Gasteiger partial charge in [-0.3, -0.25) is 9.59 Å². The van der Waals surface area contributed by atoms with Crippen molar-refractivity contribution in [3.8, 4) is 0 Å². The molecule has 1 aliphatic rings. The first-order valence-electron chi connectivity index (χ1n) is 8.32. The lowest BCUT2D eigenvalue weighted by atomic mass is 10.1. The molecular weight excluding hydrogens is 276 g/mol. The van der Waals surface area contributed by atoms with Gasteiger partial charge in [0.1, 0.15) is 0 Å². The van der Waals surface area contributed by atoms with Crippen LogP contribution in [0.25, 0.3) is 0 Å². The molecule has 1 atom stereocenters. The number of hydrogen-bond acceptors (Lipinski definition) is 2. The normalized spacial score (nSPS) is 17.8. The number of nitrogens with zero attached hydrogens (tertiary/aromatic N) is 1. The van der Waals surface area contributed by atoms with Crippen LogP contribution in [0.2, 0.25) is 0 Å². The summed E-state index contributed by atoms with van der Waals surface area (Å²) in [5.41, 5.74) is 2.14. The van der Waals surface area contributed by atoms with E-state index in [2.05, 4.69) is 19.2 Å². The Morgan fingerprint density at radius 2 is 1.95 bits per heavy atom. The van der Waals surface area contributed by atoms with Gasteiger partial charge in [0.2, 0.25) is 11.8 Å². The lowest BCUT2D eigenvalue weighted by Crippen LogP contribution is -2.33. The number of anilines is 1. The van der Waals surface area contributed by atoms with Crippen molar-refractivity contribution in [3.63, 3.8) is 0 Å². The first kappa shape index (κ1) is 16.5. The molecule has 1 N–H and O–H groups in total. The minimum atomic E-state index is -0.222. The number of benzene rings is 1. The smallest absolute Gasteiger partial charge is 0.227 e. The maximum Gasteiger partial charge on any atom is 0.227 e. The second-order valence-electron chi connectivity index (χ2n) is 5.92. The molecule has 1 saturated heterocycles. The van der Waals surface area contributed by atoms with E-state index in [1.807, 2.05) is 24.3 Å². The van der Waals surface area contributed by atoms with E-state index in [0.29, 0.717) is 19.5 Å². The summed E-state index contributed by atoms with van der Waals surface area (Å²) >= 11 is 0. The Morgan fingerprint density at radius 3 is 2.59 bits per heavy atom. The Balaban J connectivity index is 1.90. The van der Waals surface area contributed by atoms with Gasteiger partial charge in [-0.1, -0.05) is 38.8 Å². The highest BCUT2D eigenvalue weighted by molar-refractivity contribution is 6.00. The first-order chi connectivity index (χ1) is 10.7. The Bertz CT molecular complexity index is 510. The second-order valence-corrected chi connectivity index (χ2v) is 5.92. The van der Waals surface area contributed by atoms with Crippen LogP contribution in [0, 0.1) is 5.92 Å². The first-order valence-corrected chi connectivity index (χ1v) is 8.32. The highest BCUT2D eigenvalue weighted by Gasteiger charge is 2.34. The van der Waals surface area contributed by atoms with Crippen LogP contribution in [0.1, 0.15) is 45.1 Å². The number of nitrogens with one attached hydrogen (secondary N) is 1. The second kappa shape index (κ2) is 7.97. The summed E-state index contributed by atoms with van der Waals surface area (Å²) in [5.74, 6) is -0.171. The van der Waals surface area contributed by atoms with E-state index in [-0.39, 0.29) is 17.7 Å². The van der Waals surface area contributed by atoms with Gasteiger partial charge in [-0.2, -0.15) is 0 Å². The Hall–Kier alpha value is -1.84. The van der Waals surface area contributed by atoms with Crippen molar-refractivity contribution in [1.82, 2.24) is 5.32 Å². The number of carbonyl (C=O) groups excluding carboxylic acids is 2. The number of amides is 2. The van der Waals surface area contributed by atoms with Crippen LogP contribution in [0.5, 0.6) is 0 Å². The Kier molecular flexibility index (Phi) is 5.99. The average molecular weight is 302 g/mol. The van der Waals surface area contributed by atoms with E-state index in [9.17, 15) is 9.59 Å². The van der Waals surface area contributed by atoms with Crippen LogP contribution in [-0.4, -0.2) is 24.9 Å². The summed E-state index contributed by atoms with van der Waals surface area (Å²) in [7, 11) is 0. The molecule has 4 nitrogen and oxygen atoms in total. The molecule has 0 spiro atoms. The van der Waals surface area contributed by atoms with E-state index in [1.165, 1.54) is 5.56 Å². The van der Waals surface area contributed by atoms with Gasteiger partial charge >= 0.3 is 0 Å². The summed E-state index contributed by atoms with van der Waals surface area (Å²) in [4.78, 5) is 26.0. The number of rotatable bonds is 7. The predicted octanol–water partition coefficient (Wildman–Crippen LogP) is 2.91. The van der Waals surface area contributed by atoms with Gasteiger partial charge in [0, 0.05) is 25.2 Å². The highest BCUT2D eigenvalue weighted by Crippen LogP contribution is 2.25. The van der Waals surface area contributed by atoms with Gasteiger partial charge in [-0.05, 0) is 30.5 Å². The quantitative estimate of drug-likeness (QED) is 0.787. The third-order valence-electron chi connectivity index (χ3n) is 4.23. The fraction of sp³-hybridized carbons (Fsp3) is 0.556. The van der Waals surface area contributed by atoms with Crippen molar-refractivity contribution < 1.29 is 9.59 Å². The molecule has 1 aliphatic heterocycles. The lowest BCUT2D eigenvalue weighted by molar-refractivity contribution is -0.126. The van der Waals surface area contributed by atoms with Gasteiger partial charge in [0.05, 0.1) is 5.92 Å². The van der Waals surface area contributed by atoms with Crippen molar-refractivity contribution in [2.24, 2.45) is 5.92 Å². The van der Waals surface area contributed by atoms with Crippen molar-refractivity contribution in [2.45, 2.75) is 46.0 Å². The van der Waals surface area contributed by atoms with Crippen LogP contribution in [0.15, 0.2) is 24.3 Å². The molecule has 1 aromatic rings. The molecule has 4 heteroatoms. The summed E-state index contributed by atoms with van der Waals surface area (Å²) in [6.07, 6.45) is 4.57. The number of unbranched alkanes of at least 4 members (excludes halogenated alkanes) is 2. The van der Waals surface area contributed by atoms with Crippen LogP contribution in [-0.2, 0) is 16.0 Å².